The first-order valence-corrected chi connectivity index (χ1v) is 9.89. The summed E-state index contributed by atoms with van der Waals surface area (Å²) in [6.45, 7) is 3.97. The van der Waals surface area contributed by atoms with Crippen molar-refractivity contribution in [2.45, 2.75) is 11.3 Å². The first kappa shape index (κ1) is 17.6. The molecule has 1 aliphatic heterocycles. The molecular weight excluding hydrogens is 338 g/mol. The molecule has 1 aromatic rings. The van der Waals surface area contributed by atoms with E-state index in [4.69, 9.17) is 5.26 Å². The van der Waals surface area contributed by atoms with Crippen LogP contribution in [0.15, 0.2) is 41.1 Å². The smallest absolute Gasteiger partial charge is 0.211 e. The van der Waals surface area contributed by atoms with Crippen molar-refractivity contribution < 1.29 is 16.8 Å². The Hall–Kier alpha value is -1.73. The van der Waals surface area contributed by atoms with Crippen LogP contribution in [-0.4, -0.2) is 40.8 Å². The Kier molecular flexibility index (Phi) is 5.21. The average Bonchev–Trinajstić information content (AvgIpc) is 3.03. The number of hydrogen-bond acceptors (Lipinski definition) is 5. The normalized spacial score (nSPS) is 19.3. The Morgan fingerprint density at radius 3 is 2.52 bits per heavy atom. The molecule has 1 atom stereocenters. The third kappa shape index (κ3) is 4.17. The fraction of sp³-hybridized carbons (Fsp3) is 0.357. The van der Waals surface area contributed by atoms with Crippen LogP contribution in [0.5, 0.6) is 0 Å². The van der Waals surface area contributed by atoms with Gasteiger partial charge in [0.05, 0.1) is 16.5 Å². The van der Waals surface area contributed by atoms with Gasteiger partial charge in [-0.2, -0.15) is 9.57 Å². The first-order chi connectivity index (χ1) is 10.8. The van der Waals surface area contributed by atoms with Crippen LogP contribution in [0.3, 0.4) is 0 Å². The van der Waals surface area contributed by atoms with Crippen LogP contribution in [0.1, 0.15) is 12.0 Å². The van der Waals surface area contributed by atoms with Gasteiger partial charge in [0.15, 0.2) is 0 Å². The van der Waals surface area contributed by atoms with E-state index in [0.29, 0.717) is 18.5 Å². The molecule has 124 valence electrons. The zero-order chi connectivity index (χ0) is 17.1. The van der Waals surface area contributed by atoms with E-state index in [1.165, 1.54) is 28.6 Å². The number of nitrogens with zero attached hydrogens (tertiary/aromatic N) is 2. The fourth-order valence-corrected chi connectivity index (χ4v) is 4.44. The van der Waals surface area contributed by atoms with Gasteiger partial charge in [-0.3, -0.25) is 0 Å². The molecule has 1 N–H and O–H groups in total. The topological polar surface area (TPSA) is 107 Å². The zero-order valence-electron chi connectivity index (χ0n) is 12.3. The molecule has 23 heavy (non-hydrogen) atoms. The Morgan fingerprint density at radius 1 is 1.30 bits per heavy atom. The van der Waals surface area contributed by atoms with Gasteiger partial charge in [-0.05, 0) is 36.6 Å². The van der Waals surface area contributed by atoms with Gasteiger partial charge in [-0.25, -0.2) is 21.6 Å². The number of benzene rings is 1. The third-order valence-corrected chi connectivity index (χ3v) is 6.55. The zero-order valence-corrected chi connectivity index (χ0v) is 14.0. The van der Waals surface area contributed by atoms with Gasteiger partial charge < -0.3 is 0 Å². The van der Waals surface area contributed by atoms with E-state index in [2.05, 4.69) is 11.3 Å². The molecule has 0 spiro atoms. The minimum Gasteiger partial charge on any atom is -0.211 e. The molecule has 2 rings (SSSR count). The lowest BCUT2D eigenvalue weighted by molar-refractivity contribution is 0.455. The van der Waals surface area contributed by atoms with Gasteiger partial charge in [-0.15, -0.1) is 0 Å². The third-order valence-electron chi connectivity index (χ3n) is 3.66. The first-order valence-electron chi connectivity index (χ1n) is 6.91. The van der Waals surface area contributed by atoms with E-state index in [-0.39, 0.29) is 23.9 Å². The lowest BCUT2D eigenvalue weighted by Gasteiger charge is -2.16. The van der Waals surface area contributed by atoms with Gasteiger partial charge in [0.25, 0.3) is 0 Å². The maximum atomic E-state index is 12.5. The van der Waals surface area contributed by atoms with Crippen molar-refractivity contribution in [3.8, 4) is 6.07 Å². The summed E-state index contributed by atoms with van der Waals surface area (Å²) in [7, 11) is -7.13. The molecule has 0 radical (unpaired) electrons. The molecule has 0 unspecified atom stereocenters. The summed E-state index contributed by atoms with van der Waals surface area (Å²) in [6, 6.07) is 7.66. The Balaban J connectivity index is 2.05. The number of sulfonamides is 2. The van der Waals surface area contributed by atoms with Crippen molar-refractivity contribution in [2.75, 3.05) is 19.6 Å². The molecule has 0 amide bonds. The summed E-state index contributed by atoms with van der Waals surface area (Å²) in [4.78, 5) is 0.129. The maximum absolute atomic E-state index is 12.5. The summed E-state index contributed by atoms with van der Waals surface area (Å²) in [5.74, 6) is -0.0853. The molecule has 9 heteroatoms. The van der Waals surface area contributed by atoms with Crippen LogP contribution in [0.2, 0.25) is 0 Å². The van der Waals surface area contributed by atoms with Gasteiger partial charge >= 0.3 is 0 Å². The Morgan fingerprint density at radius 2 is 1.96 bits per heavy atom. The maximum Gasteiger partial charge on any atom is 0.243 e. The minimum atomic E-state index is -3.63. The largest absolute Gasteiger partial charge is 0.243 e. The quantitative estimate of drug-likeness (QED) is 0.805. The number of nitrogens with one attached hydrogen (secondary N) is 1. The van der Waals surface area contributed by atoms with E-state index >= 15 is 0 Å². The number of rotatable bonds is 6. The van der Waals surface area contributed by atoms with Crippen molar-refractivity contribution in [3.05, 3.63) is 41.8 Å². The molecule has 1 aliphatic rings. The van der Waals surface area contributed by atoms with E-state index in [0.717, 1.165) is 5.41 Å². The Labute approximate surface area is 136 Å². The molecular formula is C14H17N3O4S2. The number of hydrogen-bond donors (Lipinski definition) is 1. The molecule has 1 saturated heterocycles. The standard InChI is InChI=1S/C14H17N3O4S2/c1-2-22(18,19)16-10-13-7-8-17(11-13)23(20,21)14-5-3-12(9-15)4-6-14/h2-6,13,16H,1,7-8,10-11H2/t13-/m0/s1. The van der Waals surface area contributed by atoms with Crippen molar-refractivity contribution >= 4 is 20.0 Å². The second-order valence-electron chi connectivity index (χ2n) is 5.21. The summed E-state index contributed by atoms with van der Waals surface area (Å²) in [6.07, 6.45) is 0.579. The van der Waals surface area contributed by atoms with Crippen LogP contribution < -0.4 is 4.72 Å². The van der Waals surface area contributed by atoms with Crippen LogP contribution in [0.4, 0.5) is 0 Å². The van der Waals surface area contributed by atoms with Crippen LogP contribution in [-0.2, 0) is 20.0 Å². The highest BCUT2D eigenvalue weighted by atomic mass is 32.2. The highest BCUT2D eigenvalue weighted by Crippen LogP contribution is 2.24. The van der Waals surface area contributed by atoms with Crippen LogP contribution >= 0.6 is 0 Å². The molecule has 0 aromatic heterocycles. The summed E-state index contributed by atoms with van der Waals surface area (Å²) < 4.78 is 51.4. The molecule has 0 aliphatic carbocycles. The van der Waals surface area contributed by atoms with Crippen molar-refractivity contribution in [2.24, 2.45) is 5.92 Å². The SMILES string of the molecule is C=CS(=O)(=O)NC[C@@H]1CCN(S(=O)(=O)c2ccc(C#N)cc2)C1. The van der Waals surface area contributed by atoms with Crippen molar-refractivity contribution in [1.29, 1.82) is 5.26 Å². The second-order valence-corrected chi connectivity index (χ2v) is 8.86. The molecule has 1 aromatic carbocycles. The molecule has 0 saturated carbocycles. The van der Waals surface area contributed by atoms with Crippen LogP contribution in [0, 0.1) is 17.2 Å². The van der Waals surface area contributed by atoms with Gasteiger partial charge in [0.2, 0.25) is 20.0 Å². The van der Waals surface area contributed by atoms with E-state index < -0.39 is 20.0 Å². The lowest BCUT2D eigenvalue weighted by Crippen LogP contribution is -2.32. The van der Waals surface area contributed by atoms with E-state index in [9.17, 15) is 16.8 Å². The summed E-state index contributed by atoms with van der Waals surface area (Å²) in [5, 5.41) is 9.58. The average molecular weight is 355 g/mol. The Bertz CT molecular complexity index is 824. The van der Waals surface area contributed by atoms with Crippen molar-refractivity contribution in [1.82, 2.24) is 9.03 Å². The summed E-state index contributed by atoms with van der Waals surface area (Å²) in [5.41, 5.74) is 0.391. The van der Waals surface area contributed by atoms with Gasteiger partial charge in [0.1, 0.15) is 0 Å². The molecule has 0 bridgehead atoms. The van der Waals surface area contributed by atoms with Crippen molar-refractivity contribution in [3.63, 3.8) is 0 Å². The van der Waals surface area contributed by atoms with E-state index in [1.54, 1.807) is 0 Å². The van der Waals surface area contributed by atoms with Gasteiger partial charge in [0, 0.05) is 25.0 Å². The predicted molar refractivity (Wildman–Crippen MR) is 85.1 cm³/mol. The second kappa shape index (κ2) is 6.80. The highest BCUT2D eigenvalue weighted by Gasteiger charge is 2.32. The monoisotopic (exact) mass is 355 g/mol. The lowest BCUT2D eigenvalue weighted by atomic mass is 10.1. The summed E-state index contributed by atoms with van der Waals surface area (Å²) >= 11 is 0. The van der Waals surface area contributed by atoms with Gasteiger partial charge in [-0.1, -0.05) is 6.58 Å². The molecule has 1 heterocycles. The molecule has 7 nitrogen and oxygen atoms in total. The van der Waals surface area contributed by atoms with Crippen LogP contribution in [0.25, 0.3) is 0 Å². The highest BCUT2D eigenvalue weighted by molar-refractivity contribution is 7.92. The predicted octanol–water partition coefficient (Wildman–Crippen LogP) is 0.632. The number of nitriles is 1. The van der Waals surface area contributed by atoms with E-state index in [1.807, 2.05) is 6.07 Å². The minimum absolute atomic E-state index is 0.0853. The molecule has 1 fully saturated rings. The fourth-order valence-electron chi connectivity index (χ4n) is 2.33.